The molecule has 1 atom stereocenters. The van der Waals surface area contributed by atoms with Gasteiger partial charge in [0.1, 0.15) is 5.82 Å². The predicted molar refractivity (Wildman–Crippen MR) is 71.1 cm³/mol. The largest absolute Gasteiger partial charge is 0.330 e. The lowest BCUT2D eigenvalue weighted by Gasteiger charge is -2.16. The van der Waals surface area contributed by atoms with Gasteiger partial charge in [0.2, 0.25) is 0 Å². The van der Waals surface area contributed by atoms with Crippen LogP contribution in [0.1, 0.15) is 17.0 Å². The molecular weight excluding hydrogens is 251 g/mol. The molecule has 0 spiro atoms. The van der Waals surface area contributed by atoms with E-state index in [1.165, 1.54) is 12.1 Å². The molecule has 0 saturated carbocycles. The third-order valence-corrected chi connectivity index (χ3v) is 3.27. The van der Waals surface area contributed by atoms with Gasteiger partial charge in [-0.05, 0) is 42.3 Å². The molecule has 0 fully saturated rings. The maximum absolute atomic E-state index is 13.2. The van der Waals surface area contributed by atoms with Crippen LogP contribution in [0, 0.1) is 5.82 Å². The number of hydrogen-bond acceptors (Lipinski definition) is 2. The number of nitrogens with two attached hydrogens (primary N) is 1. The molecule has 2 nitrogen and oxygen atoms in total. The van der Waals surface area contributed by atoms with Gasteiger partial charge in [-0.15, -0.1) is 0 Å². The quantitative estimate of drug-likeness (QED) is 0.921. The van der Waals surface area contributed by atoms with Gasteiger partial charge in [0, 0.05) is 18.3 Å². The molecule has 1 heterocycles. The van der Waals surface area contributed by atoms with Crippen LogP contribution in [0.3, 0.4) is 0 Å². The van der Waals surface area contributed by atoms with Gasteiger partial charge in [-0.25, -0.2) is 4.39 Å². The fourth-order valence-corrected chi connectivity index (χ4v) is 2.13. The lowest BCUT2D eigenvalue weighted by Crippen LogP contribution is -2.15. The van der Waals surface area contributed by atoms with Crippen molar-refractivity contribution in [2.45, 2.75) is 12.3 Å². The fourth-order valence-electron chi connectivity index (χ4n) is 1.93. The smallest absolute Gasteiger partial charge is 0.123 e. The third kappa shape index (κ3) is 3.06. The Morgan fingerprint density at radius 3 is 2.83 bits per heavy atom. The first kappa shape index (κ1) is 13.0. The Bertz CT molecular complexity index is 531. The van der Waals surface area contributed by atoms with Gasteiger partial charge in [-0.3, -0.25) is 4.98 Å². The maximum Gasteiger partial charge on any atom is 0.123 e. The molecule has 4 heteroatoms. The summed E-state index contributed by atoms with van der Waals surface area (Å²) in [5, 5.41) is 0.618. The monoisotopic (exact) mass is 264 g/mol. The topological polar surface area (TPSA) is 38.9 Å². The van der Waals surface area contributed by atoms with Gasteiger partial charge in [0.05, 0.1) is 5.02 Å². The molecule has 1 aromatic carbocycles. The summed E-state index contributed by atoms with van der Waals surface area (Å²) < 4.78 is 13.2. The summed E-state index contributed by atoms with van der Waals surface area (Å²) >= 11 is 6.07. The Balaban J connectivity index is 2.23. The molecule has 0 aliphatic rings. The summed E-state index contributed by atoms with van der Waals surface area (Å²) in [4.78, 5) is 3.94. The number of halogens is 2. The van der Waals surface area contributed by atoms with E-state index in [9.17, 15) is 4.39 Å². The number of pyridine rings is 1. The van der Waals surface area contributed by atoms with Crippen LogP contribution in [0.15, 0.2) is 42.7 Å². The van der Waals surface area contributed by atoms with E-state index in [1.54, 1.807) is 18.5 Å². The zero-order valence-electron chi connectivity index (χ0n) is 9.81. The lowest BCUT2D eigenvalue weighted by atomic mass is 9.92. The Morgan fingerprint density at radius 1 is 1.33 bits per heavy atom. The summed E-state index contributed by atoms with van der Waals surface area (Å²) in [6.45, 7) is 0.447. The first-order chi connectivity index (χ1) is 8.70. The van der Waals surface area contributed by atoms with E-state index >= 15 is 0 Å². The zero-order chi connectivity index (χ0) is 13.0. The van der Waals surface area contributed by atoms with Crippen molar-refractivity contribution >= 4 is 11.6 Å². The average molecular weight is 265 g/mol. The second kappa shape index (κ2) is 5.94. The highest BCUT2D eigenvalue weighted by molar-refractivity contribution is 6.31. The van der Waals surface area contributed by atoms with Crippen LogP contribution in [0.2, 0.25) is 5.02 Å². The van der Waals surface area contributed by atoms with E-state index in [2.05, 4.69) is 4.98 Å². The van der Waals surface area contributed by atoms with E-state index in [1.807, 2.05) is 12.1 Å². The maximum atomic E-state index is 13.2. The van der Waals surface area contributed by atoms with Crippen LogP contribution in [-0.4, -0.2) is 11.5 Å². The normalized spacial score (nSPS) is 12.4. The second-order valence-electron chi connectivity index (χ2n) is 4.16. The summed E-state index contributed by atoms with van der Waals surface area (Å²) in [5.41, 5.74) is 7.64. The van der Waals surface area contributed by atoms with E-state index in [4.69, 9.17) is 17.3 Å². The Labute approximate surface area is 111 Å². The van der Waals surface area contributed by atoms with Crippen LogP contribution in [0.5, 0.6) is 0 Å². The van der Waals surface area contributed by atoms with Crippen molar-refractivity contribution < 1.29 is 4.39 Å². The number of rotatable bonds is 4. The summed E-state index contributed by atoms with van der Waals surface area (Å²) in [5.74, 6) is -0.188. The Kier molecular flexibility index (Phi) is 4.28. The van der Waals surface area contributed by atoms with Gasteiger partial charge in [-0.1, -0.05) is 23.7 Å². The lowest BCUT2D eigenvalue weighted by molar-refractivity contribution is 0.616. The van der Waals surface area contributed by atoms with Gasteiger partial charge < -0.3 is 5.73 Å². The molecule has 2 aromatic rings. The van der Waals surface area contributed by atoms with Crippen LogP contribution in [0.25, 0.3) is 0 Å². The van der Waals surface area contributed by atoms with Gasteiger partial charge in [0.25, 0.3) is 0 Å². The van der Waals surface area contributed by atoms with Crippen molar-refractivity contribution in [3.05, 3.63) is 64.7 Å². The molecule has 0 saturated heterocycles. The van der Waals surface area contributed by atoms with Crippen molar-refractivity contribution in [2.24, 2.45) is 5.73 Å². The third-order valence-electron chi connectivity index (χ3n) is 2.93. The molecule has 2 N–H and O–H groups in total. The zero-order valence-corrected chi connectivity index (χ0v) is 10.6. The molecule has 94 valence electrons. The molecule has 0 amide bonds. The SMILES string of the molecule is NCC(Cc1ccncc1Cl)c1cccc(F)c1. The minimum atomic E-state index is -0.244. The Hall–Kier alpha value is -1.45. The highest BCUT2D eigenvalue weighted by Gasteiger charge is 2.13. The molecular formula is C14H14ClFN2. The number of hydrogen-bond donors (Lipinski definition) is 1. The van der Waals surface area contributed by atoms with Crippen LogP contribution in [-0.2, 0) is 6.42 Å². The van der Waals surface area contributed by atoms with Crippen LogP contribution >= 0.6 is 11.6 Å². The molecule has 0 radical (unpaired) electrons. The van der Waals surface area contributed by atoms with E-state index in [-0.39, 0.29) is 11.7 Å². The van der Waals surface area contributed by atoms with Crippen LogP contribution < -0.4 is 5.73 Å². The molecule has 1 unspecified atom stereocenters. The summed E-state index contributed by atoms with van der Waals surface area (Å²) in [6, 6.07) is 8.39. The molecule has 18 heavy (non-hydrogen) atoms. The first-order valence-corrected chi connectivity index (χ1v) is 6.12. The molecule has 0 aliphatic carbocycles. The molecule has 2 rings (SSSR count). The minimum Gasteiger partial charge on any atom is -0.330 e. The molecule has 0 bridgehead atoms. The molecule has 0 aliphatic heterocycles. The number of benzene rings is 1. The van der Waals surface area contributed by atoms with E-state index in [0.717, 1.165) is 11.1 Å². The average Bonchev–Trinajstić information content (AvgIpc) is 2.38. The summed E-state index contributed by atoms with van der Waals surface area (Å²) in [6.07, 6.45) is 3.98. The van der Waals surface area contributed by atoms with Gasteiger partial charge >= 0.3 is 0 Å². The van der Waals surface area contributed by atoms with E-state index < -0.39 is 0 Å². The van der Waals surface area contributed by atoms with Crippen molar-refractivity contribution in [3.63, 3.8) is 0 Å². The second-order valence-corrected chi connectivity index (χ2v) is 4.57. The highest BCUT2D eigenvalue weighted by atomic mass is 35.5. The van der Waals surface area contributed by atoms with Crippen molar-refractivity contribution in [1.82, 2.24) is 4.98 Å². The van der Waals surface area contributed by atoms with Crippen molar-refractivity contribution in [1.29, 1.82) is 0 Å². The van der Waals surface area contributed by atoms with Gasteiger partial charge in [0.15, 0.2) is 0 Å². The minimum absolute atomic E-state index is 0.0561. The standard InChI is InChI=1S/C14H14ClFN2/c15-14-9-18-5-4-11(14)6-12(8-17)10-2-1-3-13(16)7-10/h1-5,7,9,12H,6,8,17H2. The van der Waals surface area contributed by atoms with E-state index in [0.29, 0.717) is 18.0 Å². The summed E-state index contributed by atoms with van der Waals surface area (Å²) in [7, 11) is 0. The predicted octanol–water partition coefficient (Wildman–Crippen LogP) is 3.16. The Morgan fingerprint density at radius 2 is 2.17 bits per heavy atom. The number of nitrogens with zero attached hydrogens (tertiary/aromatic N) is 1. The van der Waals surface area contributed by atoms with Crippen LogP contribution in [0.4, 0.5) is 4.39 Å². The highest BCUT2D eigenvalue weighted by Crippen LogP contribution is 2.24. The first-order valence-electron chi connectivity index (χ1n) is 5.74. The van der Waals surface area contributed by atoms with Crippen molar-refractivity contribution in [3.8, 4) is 0 Å². The fraction of sp³-hybridized carbons (Fsp3) is 0.214. The van der Waals surface area contributed by atoms with Gasteiger partial charge in [-0.2, -0.15) is 0 Å². The molecule has 1 aromatic heterocycles. The number of aromatic nitrogens is 1. The van der Waals surface area contributed by atoms with Crippen molar-refractivity contribution in [2.75, 3.05) is 6.54 Å².